The lowest BCUT2D eigenvalue weighted by Gasteiger charge is -1.88. The molecule has 10 heavy (non-hydrogen) atoms. The Morgan fingerprint density at radius 3 is 3.00 bits per heavy atom. The van der Waals surface area contributed by atoms with Crippen molar-refractivity contribution in [3.8, 4) is 0 Å². The molecule has 4 nitrogen and oxygen atoms in total. The van der Waals surface area contributed by atoms with E-state index in [0.717, 1.165) is 5.69 Å². The van der Waals surface area contributed by atoms with Crippen molar-refractivity contribution in [2.75, 3.05) is 0 Å². The maximum absolute atomic E-state index is 5.11. The maximum Gasteiger partial charge on any atom is 0.186 e. The summed E-state index contributed by atoms with van der Waals surface area (Å²) in [6, 6.07) is 0. The van der Waals surface area contributed by atoms with Gasteiger partial charge in [-0.2, -0.15) is 0 Å². The number of aromatic nitrogens is 1. The first-order valence-electron chi connectivity index (χ1n) is 2.71. The van der Waals surface area contributed by atoms with Gasteiger partial charge in [-0.15, -0.1) is 11.3 Å². The van der Waals surface area contributed by atoms with E-state index in [-0.39, 0.29) is 5.96 Å². The molecule has 4 N–H and O–H groups in total. The van der Waals surface area contributed by atoms with Gasteiger partial charge in [0.2, 0.25) is 0 Å². The fourth-order valence-electron chi connectivity index (χ4n) is 0.488. The van der Waals surface area contributed by atoms with Crippen molar-refractivity contribution in [3.63, 3.8) is 0 Å². The van der Waals surface area contributed by atoms with Crippen molar-refractivity contribution >= 4 is 17.3 Å². The van der Waals surface area contributed by atoms with Crippen LogP contribution in [0.15, 0.2) is 15.9 Å². The molecule has 0 aliphatic rings. The minimum atomic E-state index is 0.105. The smallest absolute Gasteiger partial charge is 0.186 e. The van der Waals surface area contributed by atoms with Crippen LogP contribution in [0.1, 0.15) is 5.69 Å². The molecule has 0 aliphatic heterocycles. The molecule has 1 rings (SSSR count). The first-order chi connectivity index (χ1) is 4.79. The highest BCUT2D eigenvalue weighted by molar-refractivity contribution is 7.07. The third-order valence-corrected chi connectivity index (χ3v) is 1.54. The summed E-state index contributed by atoms with van der Waals surface area (Å²) in [5, 5.41) is 1.91. The van der Waals surface area contributed by atoms with E-state index >= 15 is 0 Å². The largest absolute Gasteiger partial charge is 0.370 e. The van der Waals surface area contributed by atoms with Crippen molar-refractivity contribution in [1.29, 1.82) is 0 Å². The molecule has 0 atom stereocenters. The number of nitrogens with zero attached hydrogens (tertiary/aromatic N) is 2. The van der Waals surface area contributed by atoms with Gasteiger partial charge in [-0.05, 0) is 0 Å². The highest BCUT2D eigenvalue weighted by atomic mass is 32.1. The summed E-state index contributed by atoms with van der Waals surface area (Å²) in [6.45, 7) is 0.478. The monoisotopic (exact) mass is 156 g/mol. The number of hydrogen-bond donors (Lipinski definition) is 2. The van der Waals surface area contributed by atoms with Gasteiger partial charge in [0.1, 0.15) is 0 Å². The van der Waals surface area contributed by atoms with Gasteiger partial charge < -0.3 is 11.5 Å². The summed E-state index contributed by atoms with van der Waals surface area (Å²) in [6.07, 6.45) is 0. The Labute approximate surface area is 62.6 Å². The fraction of sp³-hybridized carbons (Fsp3) is 0.200. The Balaban J connectivity index is 2.49. The van der Waals surface area contributed by atoms with E-state index in [0.29, 0.717) is 6.54 Å². The van der Waals surface area contributed by atoms with Gasteiger partial charge in [0, 0.05) is 5.38 Å². The van der Waals surface area contributed by atoms with E-state index in [4.69, 9.17) is 11.5 Å². The Hall–Kier alpha value is -1.10. The van der Waals surface area contributed by atoms with Crippen LogP contribution in [0.5, 0.6) is 0 Å². The van der Waals surface area contributed by atoms with Gasteiger partial charge in [0.25, 0.3) is 0 Å². The summed E-state index contributed by atoms with van der Waals surface area (Å²) >= 11 is 1.53. The van der Waals surface area contributed by atoms with Gasteiger partial charge in [-0.25, -0.2) is 9.98 Å². The standard InChI is InChI=1S/C5H8N4S/c6-5(7)8-1-4-2-10-3-9-4/h2-3H,1H2,(H4,6,7,8). The van der Waals surface area contributed by atoms with E-state index in [1.165, 1.54) is 11.3 Å². The predicted octanol–water partition coefficient (Wildman–Crippen LogP) is -0.0835. The summed E-state index contributed by atoms with van der Waals surface area (Å²) in [7, 11) is 0. The van der Waals surface area contributed by atoms with Crippen LogP contribution in [0.4, 0.5) is 0 Å². The third-order valence-electron chi connectivity index (χ3n) is 0.907. The predicted molar refractivity (Wildman–Crippen MR) is 41.6 cm³/mol. The number of thiazole rings is 1. The third kappa shape index (κ3) is 2.02. The average molecular weight is 156 g/mol. The second-order valence-electron chi connectivity index (χ2n) is 1.72. The number of aliphatic imine (C=N–C) groups is 1. The Kier molecular flexibility index (Phi) is 2.22. The molecule has 0 amide bonds. The van der Waals surface area contributed by atoms with Crippen molar-refractivity contribution in [2.45, 2.75) is 6.54 Å². The number of guanidine groups is 1. The normalized spacial score (nSPS) is 9.20. The summed E-state index contributed by atoms with van der Waals surface area (Å²) in [5.74, 6) is 0.105. The van der Waals surface area contributed by atoms with Gasteiger partial charge in [-0.3, -0.25) is 0 Å². The first-order valence-corrected chi connectivity index (χ1v) is 3.66. The summed E-state index contributed by atoms with van der Waals surface area (Å²) in [5.41, 5.74) is 12.9. The van der Waals surface area contributed by atoms with Crippen LogP contribution in [0, 0.1) is 0 Å². The van der Waals surface area contributed by atoms with Crippen molar-refractivity contribution in [1.82, 2.24) is 4.98 Å². The molecule has 54 valence electrons. The van der Waals surface area contributed by atoms with Gasteiger partial charge in [-0.1, -0.05) is 0 Å². The Bertz CT molecular complexity index is 212. The first kappa shape index (κ1) is 7.01. The van der Waals surface area contributed by atoms with E-state index in [1.807, 2.05) is 5.38 Å². The molecule has 0 aliphatic carbocycles. The van der Waals surface area contributed by atoms with Gasteiger partial charge >= 0.3 is 0 Å². The minimum absolute atomic E-state index is 0.105. The second-order valence-corrected chi connectivity index (χ2v) is 2.44. The van der Waals surface area contributed by atoms with Crippen molar-refractivity contribution < 1.29 is 0 Å². The van der Waals surface area contributed by atoms with Crippen LogP contribution in [-0.4, -0.2) is 10.9 Å². The maximum atomic E-state index is 5.11. The molecular formula is C5H8N4S. The second kappa shape index (κ2) is 3.17. The highest BCUT2D eigenvalue weighted by Crippen LogP contribution is 2.01. The molecule has 0 unspecified atom stereocenters. The zero-order valence-corrected chi connectivity index (χ0v) is 6.14. The Morgan fingerprint density at radius 1 is 1.70 bits per heavy atom. The van der Waals surface area contributed by atoms with Crippen LogP contribution in [0.2, 0.25) is 0 Å². The van der Waals surface area contributed by atoms with E-state index in [1.54, 1.807) is 5.51 Å². The molecule has 0 spiro atoms. The topological polar surface area (TPSA) is 77.3 Å². The molecule has 1 aromatic rings. The lowest BCUT2D eigenvalue weighted by atomic mass is 10.5. The fourth-order valence-corrected chi connectivity index (χ4v) is 1.04. The molecule has 0 saturated carbocycles. The number of rotatable bonds is 2. The molecule has 5 heteroatoms. The summed E-state index contributed by atoms with van der Waals surface area (Å²) in [4.78, 5) is 7.77. The average Bonchev–Trinajstić information content (AvgIpc) is 2.34. The van der Waals surface area contributed by atoms with E-state index < -0.39 is 0 Å². The van der Waals surface area contributed by atoms with Crippen molar-refractivity contribution in [3.05, 3.63) is 16.6 Å². The molecule has 1 heterocycles. The van der Waals surface area contributed by atoms with Crippen LogP contribution in [0.3, 0.4) is 0 Å². The van der Waals surface area contributed by atoms with Crippen LogP contribution >= 0.6 is 11.3 Å². The van der Waals surface area contributed by atoms with Gasteiger partial charge in [0.15, 0.2) is 5.96 Å². The molecule has 1 aromatic heterocycles. The SMILES string of the molecule is NC(N)=NCc1cscn1. The molecule has 0 aromatic carbocycles. The molecule has 0 bridgehead atoms. The van der Waals surface area contributed by atoms with Crippen molar-refractivity contribution in [2.24, 2.45) is 16.5 Å². The van der Waals surface area contributed by atoms with E-state index in [2.05, 4.69) is 9.98 Å². The minimum Gasteiger partial charge on any atom is -0.370 e. The van der Waals surface area contributed by atoms with Gasteiger partial charge in [0.05, 0.1) is 17.7 Å². The molecule has 0 saturated heterocycles. The number of hydrogen-bond acceptors (Lipinski definition) is 3. The lowest BCUT2D eigenvalue weighted by molar-refractivity contribution is 1.00. The highest BCUT2D eigenvalue weighted by Gasteiger charge is 1.90. The zero-order chi connectivity index (χ0) is 7.40. The quantitative estimate of drug-likeness (QED) is 0.464. The molecular weight excluding hydrogens is 148 g/mol. The molecule has 0 radical (unpaired) electrons. The zero-order valence-electron chi connectivity index (χ0n) is 5.32. The lowest BCUT2D eigenvalue weighted by Crippen LogP contribution is -2.22. The van der Waals surface area contributed by atoms with E-state index in [9.17, 15) is 0 Å². The summed E-state index contributed by atoms with van der Waals surface area (Å²) < 4.78 is 0. The number of nitrogens with two attached hydrogens (primary N) is 2. The van der Waals surface area contributed by atoms with Crippen LogP contribution in [0.25, 0.3) is 0 Å². The Morgan fingerprint density at radius 2 is 2.50 bits per heavy atom. The molecule has 0 fully saturated rings. The van der Waals surface area contributed by atoms with Crippen LogP contribution in [-0.2, 0) is 6.54 Å². The van der Waals surface area contributed by atoms with Crippen LogP contribution < -0.4 is 11.5 Å².